The molecule has 2 aliphatic heterocycles. The van der Waals surface area contributed by atoms with Gasteiger partial charge in [-0.3, -0.25) is 15.1 Å². The first kappa shape index (κ1) is 23.3. The van der Waals surface area contributed by atoms with Crippen molar-refractivity contribution in [3.63, 3.8) is 0 Å². The van der Waals surface area contributed by atoms with Crippen LogP contribution in [0, 0.1) is 5.41 Å². The summed E-state index contributed by atoms with van der Waals surface area (Å²) in [5.41, 5.74) is 3.94. The molecule has 0 radical (unpaired) electrons. The van der Waals surface area contributed by atoms with Gasteiger partial charge in [0.25, 0.3) is 5.91 Å². The lowest BCUT2D eigenvalue weighted by Gasteiger charge is -2.26. The fraction of sp³-hybridized carbons (Fsp3) is 0.0690. The predicted octanol–water partition coefficient (Wildman–Crippen LogP) is 6.68. The number of ether oxygens (including phenoxy) is 1. The van der Waals surface area contributed by atoms with Gasteiger partial charge in [-0.2, -0.15) is 4.99 Å². The fourth-order valence-electron chi connectivity index (χ4n) is 4.44. The van der Waals surface area contributed by atoms with Crippen molar-refractivity contribution in [1.82, 2.24) is 9.47 Å². The minimum atomic E-state index is -0.408. The summed E-state index contributed by atoms with van der Waals surface area (Å²) in [5.74, 6) is 0.469. The number of benzene rings is 3. The second kappa shape index (κ2) is 9.76. The molecule has 0 unspecified atom stereocenters. The maximum absolute atomic E-state index is 13.0. The number of hydrogen-bond acceptors (Lipinski definition) is 4. The van der Waals surface area contributed by atoms with Crippen molar-refractivity contribution in [3.05, 3.63) is 112 Å². The Bertz CT molecular complexity index is 1620. The third-order valence-electron chi connectivity index (χ3n) is 6.22. The van der Waals surface area contributed by atoms with Crippen LogP contribution in [-0.2, 0) is 11.3 Å². The predicted molar refractivity (Wildman–Crippen MR) is 151 cm³/mol. The summed E-state index contributed by atoms with van der Waals surface area (Å²) in [7, 11) is 0. The van der Waals surface area contributed by atoms with Gasteiger partial charge in [0.2, 0.25) is 0 Å². The monoisotopic (exact) mass is 524 g/mol. The van der Waals surface area contributed by atoms with Crippen LogP contribution in [0.2, 0.25) is 5.02 Å². The number of rotatable bonds is 6. The van der Waals surface area contributed by atoms with Crippen molar-refractivity contribution in [2.75, 3.05) is 6.61 Å². The summed E-state index contributed by atoms with van der Waals surface area (Å²) in [4.78, 5) is 19.0. The Balaban J connectivity index is 1.30. The highest BCUT2D eigenvalue weighted by atomic mass is 35.5. The molecule has 1 aromatic heterocycles. The number of hydrogen-bond donors (Lipinski definition) is 1. The van der Waals surface area contributed by atoms with E-state index in [1.165, 1.54) is 11.8 Å². The second-order valence-corrected chi connectivity index (χ2v) is 9.80. The Kier molecular flexibility index (Phi) is 6.16. The summed E-state index contributed by atoms with van der Waals surface area (Å²) in [6, 6.07) is 25.1. The number of amides is 1. The number of nitrogens with one attached hydrogen (secondary N) is 1. The summed E-state index contributed by atoms with van der Waals surface area (Å²) in [6.07, 6.45) is 3.77. The van der Waals surface area contributed by atoms with Crippen LogP contribution < -0.4 is 4.74 Å². The van der Waals surface area contributed by atoms with Crippen LogP contribution >= 0.6 is 23.4 Å². The molecule has 0 saturated heterocycles. The Morgan fingerprint density at radius 2 is 1.76 bits per heavy atom. The molecule has 0 aliphatic carbocycles. The van der Waals surface area contributed by atoms with Crippen molar-refractivity contribution < 1.29 is 9.53 Å². The molecule has 0 saturated carbocycles. The highest BCUT2D eigenvalue weighted by Gasteiger charge is 2.36. The van der Waals surface area contributed by atoms with E-state index in [2.05, 4.69) is 9.56 Å². The molecule has 182 valence electrons. The Hall–Kier alpha value is -4.07. The highest BCUT2D eigenvalue weighted by molar-refractivity contribution is 8.17. The molecule has 0 spiro atoms. The molecule has 1 N–H and O–H groups in total. The summed E-state index contributed by atoms with van der Waals surface area (Å²) < 4.78 is 7.99. The maximum Gasteiger partial charge on any atom is 0.283 e. The van der Waals surface area contributed by atoms with Crippen molar-refractivity contribution in [1.29, 1.82) is 5.41 Å². The molecule has 37 heavy (non-hydrogen) atoms. The van der Waals surface area contributed by atoms with Crippen LogP contribution in [0.1, 0.15) is 11.1 Å². The molecule has 0 atom stereocenters. The number of carbonyl (C=O) groups is 1. The van der Waals surface area contributed by atoms with E-state index in [9.17, 15) is 4.79 Å². The maximum atomic E-state index is 13.0. The molecular weight excluding hydrogens is 504 g/mol. The zero-order valence-electron chi connectivity index (χ0n) is 19.6. The molecular formula is C29H21ClN4O2S. The second-order valence-electron chi connectivity index (χ2n) is 8.53. The van der Waals surface area contributed by atoms with Gasteiger partial charge in [0.1, 0.15) is 18.2 Å². The van der Waals surface area contributed by atoms with Gasteiger partial charge in [0, 0.05) is 33.1 Å². The standard InChI is InChI=1S/C29H21ClN4O2S/c30-21-10-12-22(13-11-21)36-15-14-33-17-20(23-8-4-5-9-25(23)33)16-24-27(31)34-26(19-6-2-1-3-7-19)18-37-29(34)32-28(24)35/h1-13,16-18,31H,14-15H2/b24-16-,31-27?. The molecule has 0 bridgehead atoms. The average Bonchev–Trinajstić information content (AvgIpc) is 3.50. The normalized spacial score (nSPS) is 16.2. The summed E-state index contributed by atoms with van der Waals surface area (Å²) in [6.45, 7) is 1.08. The number of halogens is 1. The quantitative estimate of drug-likeness (QED) is 0.286. The van der Waals surface area contributed by atoms with Gasteiger partial charge in [-0.05, 0) is 42.0 Å². The summed E-state index contributed by atoms with van der Waals surface area (Å²) >= 11 is 7.32. The molecule has 1 amide bonds. The van der Waals surface area contributed by atoms with E-state index in [0.717, 1.165) is 33.5 Å². The number of fused-ring (bicyclic) bond motifs is 2. The van der Waals surface area contributed by atoms with E-state index >= 15 is 0 Å². The van der Waals surface area contributed by atoms with Gasteiger partial charge in [0.05, 0.1) is 17.8 Å². The van der Waals surface area contributed by atoms with Crippen LogP contribution in [-0.4, -0.2) is 33.0 Å². The molecule has 3 heterocycles. The van der Waals surface area contributed by atoms with Crippen LogP contribution in [0.25, 0.3) is 22.7 Å². The SMILES string of the molecule is N=C1/C(=C/c2cn(CCOc3ccc(Cl)cc3)c3ccccc23)C(=O)N=C2SC=C(c3ccccc3)N12. The fourth-order valence-corrected chi connectivity index (χ4v) is 5.45. The minimum absolute atomic E-state index is 0.123. The molecule has 6 nitrogen and oxygen atoms in total. The highest BCUT2D eigenvalue weighted by Crippen LogP contribution is 2.37. The molecule has 0 fully saturated rings. The Morgan fingerprint density at radius 1 is 1.00 bits per heavy atom. The first-order valence-electron chi connectivity index (χ1n) is 11.7. The molecule has 2 aliphatic rings. The minimum Gasteiger partial charge on any atom is -0.492 e. The number of amidine groups is 2. The molecule has 3 aromatic carbocycles. The molecule has 6 rings (SSSR count). The van der Waals surface area contributed by atoms with Gasteiger partial charge in [-0.25, -0.2) is 0 Å². The average molecular weight is 525 g/mol. The zero-order valence-corrected chi connectivity index (χ0v) is 21.2. The third kappa shape index (κ3) is 4.48. The van der Waals surface area contributed by atoms with E-state index in [0.29, 0.717) is 23.3 Å². The molecule has 4 aromatic rings. The first-order chi connectivity index (χ1) is 18.1. The number of thioether (sulfide) groups is 1. The van der Waals surface area contributed by atoms with Crippen molar-refractivity contribution in [2.24, 2.45) is 4.99 Å². The number of aromatic nitrogens is 1. The van der Waals surface area contributed by atoms with Crippen molar-refractivity contribution in [2.45, 2.75) is 6.54 Å². The number of carbonyl (C=O) groups excluding carboxylic acids is 1. The van der Waals surface area contributed by atoms with Crippen LogP contribution in [0.3, 0.4) is 0 Å². The number of nitrogens with zero attached hydrogens (tertiary/aromatic N) is 3. The van der Waals surface area contributed by atoms with E-state index < -0.39 is 5.91 Å². The van der Waals surface area contributed by atoms with Gasteiger partial charge >= 0.3 is 0 Å². The third-order valence-corrected chi connectivity index (χ3v) is 7.30. The smallest absolute Gasteiger partial charge is 0.283 e. The van der Waals surface area contributed by atoms with Crippen LogP contribution in [0.4, 0.5) is 0 Å². The summed E-state index contributed by atoms with van der Waals surface area (Å²) in [5, 5.41) is 13.0. The van der Waals surface area contributed by atoms with Crippen LogP contribution in [0.5, 0.6) is 5.75 Å². The number of para-hydroxylation sites is 1. The topological polar surface area (TPSA) is 70.7 Å². The van der Waals surface area contributed by atoms with E-state index in [-0.39, 0.29) is 11.4 Å². The van der Waals surface area contributed by atoms with E-state index in [4.69, 9.17) is 21.7 Å². The van der Waals surface area contributed by atoms with Crippen LogP contribution in [0.15, 0.2) is 101 Å². The van der Waals surface area contributed by atoms with E-state index in [1.54, 1.807) is 23.1 Å². The van der Waals surface area contributed by atoms with Gasteiger partial charge in [-0.1, -0.05) is 71.9 Å². The van der Waals surface area contributed by atoms with Gasteiger partial charge in [-0.15, -0.1) is 0 Å². The van der Waals surface area contributed by atoms with E-state index in [1.807, 2.05) is 78.3 Å². The largest absolute Gasteiger partial charge is 0.492 e. The zero-order chi connectivity index (χ0) is 25.4. The number of aliphatic imine (C=N–C) groups is 1. The van der Waals surface area contributed by atoms with Crippen molar-refractivity contribution >= 4 is 62.9 Å². The van der Waals surface area contributed by atoms with Gasteiger partial charge in [0.15, 0.2) is 5.17 Å². The Labute approximate surface area is 223 Å². The molecule has 8 heteroatoms. The first-order valence-corrected chi connectivity index (χ1v) is 13.0. The lowest BCUT2D eigenvalue weighted by atomic mass is 10.1. The van der Waals surface area contributed by atoms with Crippen molar-refractivity contribution in [3.8, 4) is 5.75 Å². The van der Waals surface area contributed by atoms with Gasteiger partial charge < -0.3 is 9.30 Å². The Morgan fingerprint density at radius 3 is 2.57 bits per heavy atom. The lowest BCUT2D eigenvalue weighted by molar-refractivity contribution is -0.114. The lowest BCUT2D eigenvalue weighted by Crippen LogP contribution is -2.38.